The van der Waals surface area contributed by atoms with Crippen LogP contribution in [0.2, 0.25) is 0 Å². The fraction of sp³-hybridized carbons (Fsp3) is 0.600. The Hall–Kier alpha value is -1.00. The number of rotatable bonds is 3. The van der Waals surface area contributed by atoms with Crippen molar-refractivity contribution >= 4 is 0 Å². The molecule has 0 bridgehead atoms. The molecule has 0 amide bonds. The van der Waals surface area contributed by atoms with Crippen LogP contribution in [-0.2, 0) is 17.7 Å². The Kier molecular flexibility index (Phi) is 3.06. The first-order valence-electron chi connectivity index (χ1n) is 4.97. The van der Waals surface area contributed by atoms with Gasteiger partial charge in [-0.25, -0.2) is 9.97 Å². The fourth-order valence-corrected chi connectivity index (χ4v) is 1.66. The highest BCUT2D eigenvalue weighted by Crippen LogP contribution is 2.16. The lowest BCUT2D eigenvalue weighted by Crippen LogP contribution is -2.09. The van der Waals surface area contributed by atoms with E-state index in [1.807, 2.05) is 6.07 Å². The lowest BCUT2D eigenvalue weighted by Gasteiger charge is -2.06. The van der Waals surface area contributed by atoms with Crippen LogP contribution in [0.15, 0.2) is 12.3 Å². The van der Waals surface area contributed by atoms with Crippen molar-refractivity contribution < 1.29 is 4.74 Å². The predicted molar refractivity (Wildman–Crippen MR) is 52.6 cm³/mol. The van der Waals surface area contributed by atoms with Crippen LogP contribution in [0.5, 0.6) is 0 Å². The van der Waals surface area contributed by atoms with Gasteiger partial charge in [0.1, 0.15) is 5.82 Å². The summed E-state index contributed by atoms with van der Waals surface area (Å²) in [7, 11) is 0. The zero-order valence-corrected chi connectivity index (χ0v) is 8.15. The normalized spacial score (nSPS) is 21.4. The van der Waals surface area contributed by atoms with Gasteiger partial charge in [0.15, 0.2) is 0 Å². The third kappa shape index (κ3) is 2.27. The smallest absolute Gasteiger partial charge is 0.128 e. The lowest BCUT2D eigenvalue weighted by atomic mass is 10.0. The number of aromatic nitrogens is 2. The molecule has 1 aliphatic heterocycles. The van der Waals surface area contributed by atoms with Gasteiger partial charge in [-0.3, -0.25) is 0 Å². The van der Waals surface area contributed by atoms with Crippen molar-refractivity contribution in [2.24, 2.45) is 11.7 Å². The minimum absolute atomic E-state index is 0.483. The van der Waals surface area contributed by atoms with Gasteiger partial charge in [-0.05, 0) is 18.4 Å². The molecule has 0 aromatic carbocycles. The van der Waals surface area contributed by atoms with Crippen LogP contribution in [0.25, 0.3) is 0 Å². The first-order chi connectivity index (χ1) is 6.88. The summed E-state index contributed by atoms with van der Waals surface area (Å²) in [4.78, 5) is 8.59. The fourth-order valence-electron chi connectivity index (χ4n) is 1.66. The van der Waals surface area contributed by atoms with E-state index in [0.29, 0.717) is 12.5 Å². The molecule has 2 heterocycles. The molecule has 1 aliphatic rings. The van der Waals surface area contributed by atoms with E-state index in [4.69, 9.17) is 10.5 Å². The summed E-state index contributed by atoms with van der Waals surface area (Å²) in [5.74, 6) is 1.48. The third-order valence-electron chi connectivity index (χ3n) is 2.47. The van der Waals surface area contributed by atoms with E-state index in [1.54, 1.807) is 6.20 Å². The Morgan fingerprint density at radius 2 is 2.50 bits per heavy atom. The van der Waals surface area contributed by atoms with Gasteiger partial charge in [0.2, 0.25) is 0 Å². The van der Waals surface area contributed by atoms with Crippen LogP contribution in [0, 0.1) is 5.92 Å². The van der Waals surface area contributed by atoms with Crippen LogP contribution in [0.3, 0.4) is 0 Å². The second kappa shape index (κ2) is 4.48. The summed E-state index contributed by atoms with van der Waals surface area (Å²) in [6.07, 6.45) is 3.81. The molecule has 1 atom stereocenters. The Morgan fingerprint density at radius 3 is 3.21 bits per heavy atom. The highest BCUT2D eigenvalue weighted by atomic mass is 16.5. The number of nitrogens with two attached hydrogens (primary N) is 1. The maximum atomic E-state index is 5.51. The van der Waals surface area contributed by atoms with E-state index in [-0.39, 0.29) is 0 Å². The highest BCUT2D eigenvalue weighted by molar-refractivity contribution is 5.02. The van der Waals surface area contributed by atoms with Crippen LogP contribution < -0.4 is 5.73 Å². The van der Waals surface area contributed by atoms with Gasteiger partial charge in [-0.2, -0.15) is 0 Å². The highest BCUT2D eigenvalue weighted by Gasteiger charge is 2.17. The largest absolute Gasteiger partial charge is 0.381 e. The Morgan fingerprint density at radius 1 is 1.57 bits per heavy atom. The van der Waals surface area contributed by atoms with Crippen molar-refractivity contribution in [2.75, 3.05) is 13.2 Å². The van der Waals surface area contributed by atoms with E-state index >= 15 is 0 Å². The van der Waals surface area contributed by atoms with E-state index in [0.717, 1.165) is 37.6 Å². The molecule has 1 aromatic rings. The minimum atomic E-state index is 0.483. The molecule has 4 nitrogen and oxygen atoms in total. The van der Waals surface area contributed by atoms with E-state index in [2.05, 4.69) is 9.97 Å². The topological polar surface area (TPSA) is 61.0 Å². The molecular weight excluding hydrogens is 178 g/mol. The molecule has 14 heavy (non-hydrogen) atoms. The van der Waals surface area contributed by atoms with Gasteiger partial charge in [0.05, 0.1) is 5.69 Å². The van der Waals surface area contributed by atoms with Gasteiger partial charge in [0, 0.05) is 32.4 Å². The average molecular weight is 193 g/mol. The summed E-state index contributed by atoms with van der Waals surface area (Å²) < 4.78 is 5.31. The number of nitrogens with zero attached hydrogens (tertiary/aromatic N) is 2. The lowest BCUT2D eigenvalue weighted by molar-refractivity contribution is 0.185. The molecule has 4 heteroatoms. The number of hydrogen-bond acceptors (Lipinski definition) is 4. The molecule has 1 aromatic heterocycles. The standard InChI is InChI=1S/C10H15N3O/c11-6-9-1-3-12-10(13-9)5-8-2-4-14-7-8/h1,3,8H,2,4-7,11H2. The summed E-state index contributed by atoms with van der Waals surface area (Å²) in [5.41, 5.74) is 6.42. The first-order valence-corrected chi connectivity index (χ1v) is 4.97. The molecule has 0 radical (unpaired) electrons. The predicted octanol–water partition coefficient (Wildman–Crippen LogP) is 0.514. The molecule has 1 unspecified atom stereocenters. The van der Waals surface area contributed by atoms with E-state index in [1.165, 1.54) is 0 Å². The van der Waals surface area contributed by atoms with Gasteiger partial charge in [0.25, 0.3) is 0 Å². The van der Waals surface area contributed by atoms with Gasteiger partial charge >= 0.3 is 0 Å². The van der Waals surface area contributed by atoms with Gasteiger partial charge in [-0.15, -0.1) is 0 Å². The summed E-state index contributed by atoms with van der Waals surface area (Å²) >= 11 is 0. The Labute approximate surface area is 83.5 Å². The van der Waals surface area contributed by atoms with Crippen LogP contribution in [-0.4, -0.2) is 23.2 Å². The molecular formula is C10H15N3O. The first kappa shape index (κ1) is 9.55. The summed E-state index contributed by atoms with van der Waals surface area (Å²) in [5, 5.41) is 0. The molecule has 0 aliphatic carbocycles. The zero-order chi connectivity index (χ0) is 9.80. The molecule has 76 valence electrons. The maximum absolute atomic E-state index is 5.51. The van der Waals surface area contributed by atoms with Crippen LogP contribution >= 0.6 is 0 Å². The van der Waals surface area contributed by atoms with Crippen molar-refractivity contribution in [3.8, 4) is 0 Å². The quantitative estimate of drug-likeness (QED) is 0.760. The van der Waals surface area contributed by atoms with Crippen molar-refractivity contribution in [1.29, 1.82) is 0 Å². The monoisotopic (exact) mass is 193 g/mol. The maximum Gasteiger partial charge on any atom is 0.128 e. The third-order valence-corrected chi connectivity index (χ3v) is 2.47. The Balaban J connectivity index is 2.00. The van der Waals surface area contributed by atoms with Crippen molar-refractivity contribution in [3.05, 3.63) is 23.8 Å². The van der Waals surface area contributed by atoms with Crippen molar-refractivity contribution in [2.45, 2.75) is 19.4 Å². The van der Waals surface area contributed by atoms with E-state index < -0.39 is 0 Å². The van der Waals surface area contributed by atoms with Crippen molar-refractivity contribution in [3.63, 3.8) is 0 Å². The number of hydrogen-bond donors (Lipinski definition) is 1. The molecule has 0 saturated carbocycles. The summed E-state index contributed by atoms with van der Waals surface area (Å²) in [6.45, 7) is 2.20. The van der Waals surface area contributed by atoms with Crippen LogP contribution in [0.1, 0.15) is 17.9 Å². The minimum Gasteiger partial charge on any atom is -0.381 e. The Bertz CT molecular complexity index is 297. The SMILES string of the molecule is NCc1ccnc(CC2CCOC2)n1. The molecule has 2 rings (SSSR count). The van der Waals surface area contributed by atoms with E-state index in [9.17, 15) is 0 Å². The zero-order valence-electron chi connectivity index (χ0n) is 8.15. The van der Waals surface area contributed by atoms with Gasteiger partial charge < -0.3 is 10.5 Å². The second-order valence-corrected chi connectivity index (χ2v) is 3.60. The summed E-state index contributed by atoms with van der Waals surface area (Å²) in [6, 6.07) is 1.86. The average Bonchev–Trinajstić information content (AvgIpc) is 2.71. The van der Waals surface area contributed by atoms with Gasteiger partial charge in [-0.1, -0.05) is 0 Å². The molecule has 1 saturated heterocycles. The molecule has 0 spiro atoms. The second-order valence-electron chi connectivity index (χ2n) is 3.60. The molecule has 2 N–H and O–H groups in total. The van der Waals surface area contributed by atoms with Crippen molar-refractivity contribution in [1.82, 2.24) is 9.97 Å². The van der Waals surface area contributed by atoms with Crippen LogP contribution in [0.4, 0.5) is 0 Å². The number of ether oxygens (including phenoxy) is 1. The molecule has 1 fully saturated rings.